The molecule has 0 spiro atoms. The Labute approximate surface area is 899 Å². The zero-order chi connectivity index (χ0) is 84.3. The van der Waals surface area contributed by atoms with Crippen molar-refractivity contribution < 1.29 is 105 Å². The summed E-state index contributed by atoms with van der Waals surface area (Å²) >= 11 is 0. The van der Waals surface area contributed by atoms with Gasteiger partial charge in [0.05, 0.1) is 0 Å². The van der Waals surface area contributed by atoms with Crippen LogP contribution in [-0.4, -0.2) is 0 Å². The molecule has 0 unspecified atom stereocenters. The Balaban J connectivity index is -0.0000000923. The van der Waals surface area contributed by atoms with Crippen LogP contribution in [0.15, 0.2) is 233 Å². The maximum atomic E-state index is 3.72. The minimum Gasteiger partial charge on any atom is -0.358 e. The van der Waals surface area contributed by atoms with Crippen molar-refractivity contribution in [3.8, 4) is 0 Å². The maximum absolute atomic E-state index is 3.72. The minimum absolute atomic E-state index is 0. The Kier molecular flexibility index (Phi) is 148. The summed E-state index contributed by atoms with van der Waals surface area (Å²) in [6.07, 6.45) is 86.9. The summed E-state index contributed by atoms with van der Waals surface area (Å²) in [6, 6.07) is 59.2. The molecule has 0 bridgehead atoms. The fourth-order valence-electron chi connectivity index (χ4n) is 17.3. The van der Waals surface area contributed by atoms with Gasteiger partial charge in [-0.05, 0) is 98.7 Å². The Morgan fingerprint density at radius 1 is 0.192 bits per heavy atom. The van der Waals surface area contributed by atoms with E-state index in [1.807, 2.05) is 206 Å². The molecule has 14 rings (SSSR count). The van der Waals surface area contributed by atoms with Crippen molar-refractivity contribution in [1.82, 2.24) is 0 Å². The Hall–Kier alpha value is -2.97. The normalized spacial score (nSPS) is 14.4. The molecule has 0 N–H and O–H groups in total. The van der Waals surface area contributed by atoms with Crippen LogP contribution in [0.4, 0.5) is 0 Å². The summed E-state index contributed by atoms with van der Waals surface area (Å²) in [4.78, 5) is 0. The molecular weight excluding hydrogens is 1880 g/mol. The van der Waals surface area contributed by atoms with Gasteiger partial charge in [-0.15, -0.1) is 99.1 Å². The van der Waals surface area contributed by atoms with Gasteiger partial charge in [-0.1, -0.05) is 384 Å². The molecule has 0 saturated heterocycles. The molecular formula is C126H212Zr4. The largest absolute Gasteiger partial charge is 4.00 e. The van der Waals surface area contributed by atoms with Crippen molar-refractivity contribution in [1.29, 1.82) is 0 Å². The van der Waals surface area contributed by atoms with E-state index in [9.17, 15) is 0 Å². The van der Waals surface area contributed by atoms with Crippen LogP contribution in [0.3, 0.4) is 0 Å². The van der Waals surface area contributed by atoms with E-state index in [2.05, 4.69) is 95.6 Å². The van der Waals surface area contributed by atoms with Crippen molar-refractivity contribution in [3.63, 3.8) is 0 Å². The van der Waals surface area contributed by atoms with E-state index in [4.69, 9.17) is 0 Å². The van der Waals surface area contributed by atoms with Crippen LogP contribution in [-0.2, 0) is 105 Å². The third kappa shape index (κ3) is 105. The van der Waals surface area contributed by atoms with Crippen LogP contribution in [0.5, 0.6) is 0 Å². The average molecular weight is 2090 g/mol. The minimum atomic E-state index is 0. The zero-order valence-electron chi connectivity index (χ0n) is 88.5. The van der Waals surface area contributed by atoms with Crippen LogP contribution in [0, 0.1) is 163 Å². The summed E-state index contributed by atoms with van der Waals surface area (Å²) in [5.74, 6) is 8.68. The predicted octanol–water partition coefficient (Wildman–Crippen LogP) is 42.5. The van der Waals surface area contributed by atoms with Gasteiger partial charge in [0.1, 0.15) is 0 Å². The van der Waals surface area contributed by atoms with Crippen LogP contribution in [0.25, 0.3) is 0 Å². The first-order valence-corrected chi connectivity index (χ1v) is 48.5. The second-order valence-electron chi connectivity index (χ2n) is 34.9. The SMILES string of the molecule is C=CCCC1CCCC1.C=CCCC1CCCC1.C=CCCCC1CCCC1.C=CCCCC1CCCC1.CCCC1CCCC1.CCCC1CCCC1.CCCCCC1CCCC1.CCCCCC1CCCC1.[CH2-]c1ccccc1.[CH2-]c1ccccc1.[CH2-]c1ccccc1.[CH2-]c1ccccc1.[CH2-]c1ccccc1.[CH2-]c1ccccc1.[CH3-].[CH3-].[CH3-].[CH3-].[CH3-].[CH3-].[CH3-].[CH3-].[CH3-].[CH3-].[Zr+4].[Zr+4].[Zr+4].[Zr+4]. The predicted molar refractivity (Wildman–Crippen MR) is 590 cm³/mol. The van der Waals surface area contributed by atoms with Crippen molar-refractivity contribution in [2.75, 3.05) is 0 Å². The summed E-state index contributed by atoms with van der Waals surface area (Å²) in [5, 5.41) is 0. The van der Waals surface area contributed by atoms with E-state index in [-0.39, 0.29) is 179 Å². The van der Waals surface area contributed by atoms with Crippen molar-refractivity contribution in [2.45, 2.75) is 374 Å². The third-order valence-corrected chi connectivity index (χ3v) is 24.3. The molecule has 6 aromatic rings. The summed E-state index contributed by atoms with van der Waals surface area (Å²) in [7, 11) is 0. The molecule has 0 nitrogen and oxygen atoms in total. The molecule has 6 aromatic carbocycles. The first-order valence-electron chi connectivity index (χ1n) is 48.5. The third-order valence-electron chi connectivity index (χ3n) is 24.3. The van der Waals surface area contributed by atoms with Gasteiger partial charge in [-0.3, -0.25) is 0 Å². The topological polar surface area (TPSA) is 0 Å². The van der Waals surface area contributed by atoms with Crippen LogP contribution < -0.4 is 0 Å². The van der Waals surface area contributed by atoms with Gasteiger partial charge in [-0.2, -0.15) is 148 Å². The Morgan fingerprint density at radius 3 is 0.454 bits per heavy atom. The van der Waals surface area contributed by atoms with Crippen molar-refractivity contribution >= 4 is 0 Å². The molecule has 0 aromatic heterocycles. The zero-order valence-corrected chi connectivity index (χ0v) is 98.3. The number of benzene rings is 6. The number of unbranched alkanes of at least 4 members (excludes halogenated alkanes) is 6. The number of hydrogen-bond donors (Lipinski definition) is 0. The van der Waals surface area contributed by atoms with Gasteiger partial charge < -0.3 is 74.3 Å². The Morgan fingerprint density at radius 2 is 0.331 bits per heavy atom. The maximum Gasteiger partial charge on any atom is 4.00 e. The molecule has 0 amide bonds. The van der Waals surface area contributed by atoms with E-state index in [0.717, 1.165) is 80.7 Å². The molecule has 8 saturated carbocycles. The smallest absolute Gasteiger partial charge is 0.358 e. The average Bonchev–Trinajstić information content (AvgIpc) is 1.87. The van der Waals surface area contributed by atoms with Gasteiger partial charge in [0, 0.05) is 0 Å². The van der Waals surface area contributed by atoms with Crippen LogP contribution in [0.1, 0.15) is 408 Å². The number of rotatable bonds is 26. The van der Waals surface area contributed by atoms with Gasteiger partial charge in [-0.25, -0.2) is 0 Å². The number of allylic oxidation sites excluding steroid dienone is 4. The van der Waals surface area contributed by atoms with Crippen LogP contribution in [0.2, 0.25) is 0 Å². The molecule has 130 heavy (non-hydrogen) atoms. The van der Waals surface area contributed by atoms with E-state index >= 15 is 0 Å². The molecule has 8 aliphatic carbocycles. The fraction of sp³-hybridized carbons (Fsp3) is 0.524. The van der Waals surface area contributed by atoms with Gasteiger partial charge in [0.2, 0.25) is 0 Å². The van der Waals surface area contributed by atoms with E-state index < -0.39 is 0 Å². The first kappa shape index (κ1) is 158. The van der Waals surface area contributed by atoms with Crippen molar-refractivity contribution in [2.24, 2.45) is 47.3 Å². The summed E-state index contributed by atoms with van der Waals surface area (Å²) in [6.45, 7) is 46.4. The van der Waals surface area contributed by atoms with Crippen LogP contribution >= 0.6 is 0 Å². The molecule has 0 aliphatic heterocycles. The van der Waals surface area contributed by atoms with E-state index in [1.165, 1.54) is 347 Å². The van der Waals surface area contributed by atoms with Gasteiger partial charge in [0.25, 0.3) is 0 Å². The molecule has 732 valence electrons. The first-order chi connectivity index (χ1) is 56.8. The molecule has 8 fully saturated rings. The summed E-state index contributed by atoms with van der Waals surface area (Å²) in [5.41, 5.74) is 6.43. The molecule has 4 heteroatoms. The fourth-order valence-corrected chi connectivity index (χ4v) is 17.3. The monoisotopic (exact) mass is 2090 g/mol. The second-order valence-corrected chi connectivity index (χ2v) is 34.9. The molecule has 0 radical (unpaired) electrons. The molecule has 0 atom stereocenters. The summed E-state index contributed by atoms with van der Waals surface area (Å²) < 4.78 is 0. The quantitative estimate of drug-likeness (QED) is 0.0288. The Bertz CT molecular complexity index is 2520. The van der Waals surface area contributed by atoms with Crippen molar-refractivity contribution in [3.05, 3.63) is 382 Å². The van der Waals surface area contributed by atoms with Gasteiger partial charge in [0.15, 0.2) is 0 Å². The standard InChI is InChI=1S/2C10H20.2C10H18.2C9H16.2C8H16.6C7H7.10CH3.4Zr/c4*1-2-3-4-7-10-8-5-6-9-10;2*1-2-3-6-9-7-4-5-8-9;2*1-2-5-8-6-3-4-7-8;6*1-7-5-3-2-4-6-7;;;;;;;;;;;;;;/h2*10H,2-9H2,1H3;2*2,10H,1,3-9H2;2*2,9H,1,3-8H2;2*8H,2-7H2,1H3;6*2-6H,1H2;10*1H3;;;;/q;;;;;;;;16*-1;4*+4. The van der Waals surface area contributed by atoms with Gasteiger partial charge >= 0.3 is 105 Å². The van der Waals surface area contributed by atoms with E-state index in [1.54, 1.807) is 0 Å². The van der Waals surface area contributed by atoms with E-state index in [0.29, 0.717) is 0 Å². The molecule has 8 aliphatic rings. The molecule has 0 heterocycles. The number of hydrogen-bond acceptors (Lipinski definition) is 0. The second kappa shape index (κ2) is 122.